The summed E-state index contributed by atoms with van der Waals surface area (Å²) in [5.74, 6) is 0.672. The van der Waals surface area contributed by atoms with Gasteiger partial charge in [-0.25, -0.2) is 4.79 Å². The van der Waals surface area contributed by atoms with Gasteiger partial charge in [-0.2, -0.15) is 0 Å². The largest absolute Gasteiger partial charge is 0.349 e. The highest BCUT2D eigenvalue weighted by Gasteiger charge is 2.32. The fourth-order valence-electron chi connectivity index (χ4n) is 3.38. The standard InChI is InChI=1S/C18H25N7O2/c1-22(2)18(27)24-9-8-23(3)14(11-24)16-21-20-15-7-4-12(10-25(15)16)17(26)19-13-5-6-13/h4,7,10,13-14H,5-6,8-9,11H2,1-3H3,(H,19,26). The van der Waals surface area contributed by atoms with E-state index < -0.39 is 0 Å². The average Bonchev–Trinajstić information content (AvgIpc) is 3.37. The van der Waals surface area contributed by atoms with Crippen LogP contribution >= 0.6 is 0 Å². The molecule has 1 N–H and O–H groups in total. The number of likely N-dealkylation sites (N-methyl/N-ethyl adjacent to an activating group) is 1. The van der Waals surface area contributed by atoms with Crippen LogP contribution in [0.2, 0.25) is 0 Å². The third-order valence-electron chi connectivity index (χ3n) is 5.20. The predicted molar refractivity (Wildman–Crippen MR) is 99.5 cm³/mol. The second-order valence-electron chi connectivity index (χ2n) is 7.57. The summed E-state index contributed by atoms with van der Waals surface area (Å²) in [6.07, 6.45) is 3.89. The van der Waals surface area contributed by atoms with Crippen molar-refractivity contribution in [3.8, 4) is 0 Å². The summed E-state index contributed by atoms with van der Waals surface area (Å²) in [6, 6.07) is 3.80. The van der Waals surface area contributed by atoms with E-state index in [0.717, 1.165) is 25.2 Å². The van der Waals surface area contributed by atoms with Crippen LogP contribution < -0.4 is 5.32 Å². The van der Waals surface area contributed by atoms with Crippen LogP contribution in [0.15, 0.2) is 18.3 Å². The van der Waals surface area contributed by atoms with Gasteiger partial charge in [-0.05, 0) is 32.0 Å². The second-order valence-corrected chi connectivity index (χ2v) is 7.57. The van der Waals surface area contributed by atoms with Crippen molar-refractivity contribution in [2.75, 3.05) is 40.8 Å². The molecule has 0 bridgehead atoms. The molecule has 1 unspecified atom stereocenters. The van der Waals surface area contributed by atoms with E-state index in [0.29, 0.717) is 30.3 Å². The molecule has 2 aromatic rings. The second kappa shape index (κ2) is 6.80. The third-order valence-corrected chi connectivity index (χ3v) is 5.20. The summed E-state index contributed by atoms with van der Waals surface area (Å²) < 4.78 is 1.87. The number of pyridine rings is 1. The molecule has 1 saturated heterocycles. The minimum Gasteiger partial charge on any atom is -0.349 e. The Morgan fingerprint density at radius 2 is 1.96 bits per heavy atom. The Hall–Kier alpha value is -2.68. The van der Waals surface area contributed by atoms with Crippen molar-refractivity contribution in [3.05, 3.63) is 29.7 Å². The van der Waals surface area contributed by atoms with Crippen LogP contribution in [0.5, 0.6) is 0 Å². The first-order chi connectivity index (χ1) is 12.9. The van der Waals surface area contributed by atoms with Crippen molar-refractivity contribution in [1.29, 1.82) is 0 Å². The summed E-state index contributed by atoms with van der Waals surface area (Å²) >= 11 is 0. The lowest BCUT2D eigenvalue weighted by Gasteiger charge is -2.39. The Morgan fingerprint density at radius 3 is 2.67 bits per heavy atom. The number of urea groups is 1. The minimum atomic E-state index is -0.0839. The van der Waals surface area contributed by atoms with Crippen molar-refractivity contribution in [2.45, 2.75) is 24.9 Å². The Kier molecular flexibility index (Phi) is 4.47. The number of carbonyl (C=O) groups is 2. The van der Waals surface area contributed by atoms with Gasteiger partial charge >= 0.3 is 6.03 Å². The highest BCUT2D eigenvalue weighted by atomic mass is 16.2. The Bertz CT molecular complexity index is 874. The molecule has 0 radical (unpaired) electrons. The molecule has 1 aliphatic heterocycles. The summed E-state index contributed by atoms with van der Waals surface area (Å²) in [5.41, 5.74) is 1.28. The van der Waals surface area contributed by atoms with Gasteiger partial charge in [-0.15, -0.1) is 10.2 Å². The highest BCUT2D eigenvalue weighted by molar-refractivity contribution is 5.94. The quantitative estimate of drug-likeness (QED) is 0.854. The van der Waals surface area contributed by atoms with Crippen LogP contribution in [0.4, 0.5) is 4.79 Å². The van der Waals surface area contributed by atoms with Gasteiger partial charge < -0.3 is 15.1 Å². The average molecular weight is 371 g/mol. The molecule has 144 valence electrons. The minimum absolute atomic E-state index is 0.00794. The molecule has 3 heterocycles. The molecule has 1 atom stereocenters. The normalized spacial score (nSPS) is 20.7. The molecule has 27 heavy (non-hydrogen) atoms. The number of aromatic nitrogens is 3. The Morgan fingerprint density at radius 1 is 1.19 bits per heavy atom. The molecule has 4 rings (SSSR count). The van der Waals surface area contributed by atoms with Crippen molar-refractivity contribution < 1.29 is 9.59 Å². The van der Waals surface area contributed by atoms with Gasteiger partial charge in [-0.1, -0.05) is 0 Å². The first-order valence-corrected chi connectivity index (χ1v) is 9.26. The maximum Gasteiger partial charge on any atom is 0.319 e. The Balaban J connectivity index is 1.63. The zero-order chi connectivity index (χ0) is 19.1. The number of rotatable bonds is 3. The number of amides is 3. The number of piperazine rings is 1. The Labute approximate surface area is 157 Å². The molecule has 2 fully saturated rings. The van der Waals surface area contributed by atoms with Crippen LogP contribution in [-0.2, 0) is 0 Å². The predicted octanol–water partition coefficient (Wildman–Crippen LogP) is 0.592. The lowest BCUT2D eigenvalue weighted by Crippen LogP contribution is -2.52. The third kappa shape index (κ3) is 3.46. The van der Waals surface area contributed by atoms with Gasteiger partial charge in [0.2, 0.25) is 0 Å². The van der Waals surface area contributed by atoms with Gasteiger partial charge in [-0.3, -0.25) is 14.1 Å². The van der Waals surface area contributed by atoms with Gasteiger partial charge in [0.1, 0.15) is 0 Å². The molecule has 0 spiro atoms. The van der Waals surface area contributed by atoms with E-state index in [1.807, 2.05) is 22.4 Å². The maximum atomic E-state index is 12.4. The van der Waals surface area contributed by atoms with E-state index in [-0.39, 0.29) is 18.0 Å². The van der Waals surface area contributed by atoms with Crippen molar-refractivity contribution in [1.82, 2.24) is 34.6 Å². The lowest BCUT2D eigenvalue weighted by molar-refractivity contribution is 0.0933. The number of nitrogens with zero attached hydrogens (tertiary/aromatic N) is 6. The van der Waals surface area contributed by atoms with E-state index in [1.165, 1.54) is 0 Å². The van der Waals surface area contributed by atoms with Crippen LogP contribution in [-0.4, -0.2) is 88.1 Å². The number of fused-ring (bicyclic) bond motifs is 1. The van der Waals surface area contributed by atoms with Gasteiger partial charge in [0.05, 0.1) is 11.6 Å². The monoisotopic (exact) mass is 371 g/mol. The SMILES string of the molecule is CN(C)C(=O)N1CCN(C)C(c2nnc3ccc(C(=O)NC4CC4)cn23)C1. The topological polar surface area (TPSA) is 86.1 Å². The molecule has 1 saturated carbocycles. The molecule has 9 heteroatoms. The van der Waals surface area contributed by atoms with Crippen LogP contribution in [0.25, 0.3) is 5.65 Å². The smallest absolute Gasteiger partial charge is 0.319 e. The number of carbonyl (C=O) groups excluding carboxylic acids is 2. The van der Waals surface area contributed by atoms with Gasteiger partial charge in [0, 0.05) is 46.0 Å². The summed E-state index contributed by atoms with van der Waals surface area (Å²) in [4.78, 5) is 30.4. The molecule has 2 aliphatic rings. The zero-order valence-electron chi connectivity index (χ0n) is 15.9. The van der Waals surface area contributed by atoms with Crippen LogP contribution in [0, 0.1) is 0 Å². The molecule has 2 aromatic heterocycles. The highest BCUT2D eigenvalue weighted by Crippen LogP contribution is 2.24. The summed E-state index contributed by atoms with van der Waals surface area (Å²) in [6.45, 7) is 1.96. The first-order valence-electron chi connectivity index (χ1n) is 9.26. The van der Waals surface area contributed by atoms with E-state index in [2.05, 4.69) is 20.4 Å². The lowest BCUT2D eigenvalue weighted by atomic mass is 10.1. The molecule has 1 aliphatic carbocycles. The number of hydrogen-bond donors (Lipinski definition) is 1. The fourth-order valence-corrected chi connectivity index (χ4v) is 3.38. The molecule has 3 amide bonds. The van der Waals surface area contributed by atoms with Crippen LogP contribution in [0.1, 0.15) is 35.1 Å². The molecular formula is C18H25N7O2. The number of nitrogens with one attached hydrogen (secondary N) is 1. The van der Waals surface area contributed by atoms with E-state index in [9.17, 15) is 9.59 Å². The molecular weight excluding hydrogens is 346 g/mol. The number of hydrogen-bond acceptors (Lipinski definition) is 5. The van der Waals surface area contributed by atoms with Crippen molar-refractivity contribution in [2.24, 2.45) is 0 Å². The maximum absolute atomic E-state index is 12.4. The van der Waals surface area contributed by atoms with E-state index >= 15 is 0 Å². The van der Waals surface area contributed by atoms with Gasteiger partial charge in [0.15, 0.2) is 11.5 Å². The molecule has 9 nitrogen and oxygen atoms in total. The van der Waals surface area contributed by atoms with Crippen molar-refractivity contribution >= 4 is 17.6 Å². The summed E-state index contributed by atoms with van der Waals surface area (Å²) in [5, 5.41) is 11.6. The fraction of sp³-hybridized carbons (Fsp3) is 0.556. The van der Waals surface area contributed by atoms with Crippen LogP contribution in [0.3, 0.4) is 0 Å². The molecule has 0 aromatic carbocycles. The summed E-state index contributed by atoms with van der Waals surface area (Å²) in [7, 11) is 5.53. The first kappa shape index (κ1) is 17.7. The zero-order valence-corrected chi connectivity index (χ0v) is 15.9. The van der Waals surface area contributed by atoms with E-state index in [4.69, 9.17) is 0 Å². The van der Waals surface area contributed by atoms with Crippen molar-refractivity contribution in [3.63, 3.8) is 0 Å². The van der Waals surface area contributed by atoms with Gasteiger partial charge in [0.25, 0.3) is 5.91 Å². The van der Waals surface area contributed by atoms with E-state index in [1.54, 1.807) is 31.3 Å².